The number of ether oxygens (including phenoxy) is 1. The monoisotopic (exact) mass is 279 g/mol. The lowest BCUT2D eigenvalue weighted by molar-refractivity contribution is 0.187. The standard InChI is InChI=1S/C11H25N3O3S/c1-10(5-7-17-2)13-18(15,16)14-6-3-4-11(8-12)9-14/h10-11,13H,3-9,12H2,1-2H3. The number of piperidine rings is 1. The molecule has 0 aromatic rings. The number of nitrogens with one attached hydrogen (secondary N) is 1. The fourth-order valence-electron chi connectivity index (χ4n) is 2.12. The van der Waals surface area contributed by atoms with Crippen LogP contribution in [0.5, 0.6) is 0 Å². The van der Waals surface area contributed by atoms with Gasteiger partial charge in [0.25, 0.3) is 10.2 Å². The van der Waals surface area contributed by atoms with E-state index in [9.17, 15) is 8.42 Å². The van der Waals surface area contributed by atoms with Gasteiger partial charge in [-0.05, 0) is 38.6 Å². The van der Waals surface area contributed by atoms with Crippen LogP contribution in [-0.2, 0) is 14.9 Å². The van der Waals surface area contributed by atoms with Gasteiger partial charge in [0.1, 0.15) is 0 Å². The molecule has 0 radical (unpaired) electrons. The van der Waals surface area contributed by atoms with Gasteiger partial charge >= 0.3 is 0 Å². The van der Waals surface area contributed by atoms with Crippen LogP contribution < -0.4 is 10.5 Å². The summed E-state index contributed by atoms with van der Waals surface area (Å²) in [5.41, 5.74) is 5.62. The molecule has 0 saturated carbocycles. The molecule has 1 rings (SSSR count). The highest BCUT2D eigenvalue weighted by molar-refractivity contribution is 7.87. The van der Waals surface area contributed by atoms with Crippen LogP contribution in [0.1, 0.15) is 26.2 Å². The molecule has 0 amide bonds. The number of methoxy groups -OCH3 is 1. The lowest BCUT2D eigenvalue weighted by Crippen LogP contribution is -2.49. The van der Waals surface area contributed by atoms with Crippen molar-refractivity contribution in [2.75, 3.05) is 33.4 Å². The summed E-state index contributed by atoms with van der Waals surface area (Å²) in [5, 5.41) is 0. The first-order valence-electron chi connectivity index (χ1n) is 6.46. The van der Waals surface area contributed by atoms with Crippen molar-refractivity contribution >= 4 is 10.2 Å². The average molecular weight is 279 g/mol. The van der Waals surface area contributed by atoms with E-state index in [4.69, 9.17) is 10.5 Å². The maximum absolute atomic E-state index is 12.2. The van der Waals surface area contributed by atoms with Crippen molar-refractivity contribution in [1.29, 1.82) is 0 Å². The first-order chi connectivity index (χ1) is 8.49. The summed E-state index contributed by atoms with van der Waals surface area (Å²) in [6, 6.07) is -0.117. The summed E-state index contributed by atoms with van der Waals surface area (Å²) >= 11 is 0. The van der Waals surface area contributed by atoms with Gasteiger partial charge < -0.3 is 10.5 Å². The van der Waals surface area contributed by atoms with Gasteiger partial charge in [0, 0.05) is 32.8 Å². The summed E-state index contributed by atoms with van der Waals surface area (Å²) < 4.78 is 33.4. The zero-order valence-electron chi connectivity index (χ0n) is 11.3. The van der Waals surface area contributed by atoms with Gasteiger partial charge in [0.15, 0.2) is 0 Å². The molecule has 0 aromatic carbocycles. The van der Waals surface area contributed by atoms with Gasteiger partial charge in [0.2, 0.25) is 0 Å². The van der Waals surface area contributed by atoms with Crippen LogP contribution in [-0.4, -0.2) is 52.1 Å². The van der Waals surface area contributed by atoms with Crippen LogP contribution in [0.3, 0.4) is 0 Å². The summed E-state index contributed by atoms with van der Waals surface area (Å²) in [5.74, 6) is 0.282. The van der Waals surface area contributed by atoms with Gasteiger partial charge in [-0.15, -0.1) is 0 Å². The quantitative estimate of drug-likeness (QED) is 0.682. The molecule has 108 valence electrons. The van der Waals surface area contributed by atoms with Crippen LogP contribution in [0, 0.1) is 5.92 Å². The van der Waals surface area contributed by atoms with E-state index in [0.717, 1.165) is 12.8 Å². The second-order valence-electron chi connectivity index (χ2n) is 4.91. The largest absolute Gasteiger partial charge is 0.385 e. The SMILES string of the molecule is COCCC(C)NS(=O)(=O)N1CCCC(CN)C1. The number of hydrogen-bond donors (Lipinski definition) is 2. The summed E-state index contributed by atoms with van der Waals surface area (Å²) in [4.78, 5) is 0. The zero-order chi connectivity index (χ0) is 13.6. The minimum atomic E-state index is -3.38. The van der Waals surface area contributed by atoms with E-state index in [1.807, 2.05) is 6.92 Å². The van der Waals surface area contributed by atoms with E-state index in [1.54, 1.807) is 7.11 Å². The molecule has 0 spiro atoms. The first kappa shape index (κ1) is 15.8. The molecule has 3 N–H and O–H groups in total. The normalized spacial score (nSPS) is 24.1. The van der Waals surface area contributed by atoms with Crippen LogP contribution in [0.4, 0.5) is 0 Å². The number of hydrogen-bond acceptors (Lipinski definition) is 4. The summed E-state index contributed by atoms with van der Waals surface area (Å²) in [7, 11) is -1.77. The lowest BCUT2D eigenvalue weighted by Gasteiger charge is -2.32. The predicted molar refractivity (Wildman–Crippen MR) is 71.4 cm³/mol. The third-order valence-corrected chi connectivity index (χ3v) is 4.97. The highest BCUT2D eigenvalue weighted by atomic mass is 32.2. The Morgan fingerprint density at radius 1 is 1.56 bits per heavy atom. The Morgan fingerprint density at radius 3 is 2.89 bits per heavy atom. The number of nitrogens with zero attached hydrogens (tertiary/aromatic N) is 1. The minimum Gasteiger partial charge on any atom is -0.385 e. The number of rotatable bonds is 7. The fraction of sp³-hybridized carbons (Fsp3) is 1.00. The molecule has 2 atom stereocenters. The van der Waals surface area contributed by atoms with Crippen molar-refractivity contribution in [3.63, 3.8) is 0 Å². The highest BCUT2D eigenvalue weighted by Crippen LogP contribution is 2.17. The Hall–Kier alpha value is -0.210. The molecule has 0 aromatic heterocycles. The van der Waals surface area contributed by atoms with E-state index in [0.29, 0.717) is 32.7 Å². The van der Waals surface area contributed by atoms with Crippen molar-refractivity contribution in [2.24, 2.45) is 11.7 Å². The van der Waals surface area contributed by atoms with Crippen LogP contribution in [0.2, 0.25) is 0 Å². The Bertz CT molecular complexity index is 334. The smallest absolute Gasteiger partial charge is 0.279 e. The van der Waals surface area contributed by atoms with E-state index >= 15 is 0 Å². The lowest BCUT2D eigenvalue weighted by atomic mass is 10.0. The third-order valence-electron chi connectivity index (χ3n) is 3.26. The first-order valence-corrected chi connectivity index (χ1v) is 7.90. The average Bonchev–Trinajstić information content (AvgIpc) is 2.36. The van der Waals surface area contributed by atoms with Crippen LogP contribution >= 0.6 is 0 Å². The Kier molecular flexibility index (Phi) is 6.51. The van der Waals surface area contributed by atoms with Gasteiger partial charge in [-0.2, -0.15) is 17.4 Å². The van der Waals surface area contributed by atoms with Crippen molar-refractivity contribution in [2.45, 2.75) is 32.2 Å². The van der Waals surface area contributed by atoms with Crippen molar-refractivity contribution in [3.8, 4) is 0 Å². The zero-order valence-corrected chi connectivity index (χ0v) is 12.1. The molecule has 0 aliphatic carbocycles. The fourth-order valence-corrected chi connectivity index (χ4v) is 3.67. The Labute approximate surface area is 110 Å². The second kappa shape index (κ2) is 7.40. The van der Waals surface area contributed by atoms with E-state index in [2.05, 4.69) is 4.72 Å². The van der Waals surface area contributed by atoms with Gasteiger partial charge in [-0.3, -0.25) is 0 Å². The Morgan fingerprint density at radius 2 is 2.28 bits per heavy atom. The molecule has 1 aliphatic heterocycles. The molecular weight excluding hydrogens is 254 g/mol. The molecule has 1 heterocycles. The molecule has 0 bridgehead atoms. The maximum Gasteiger partial charge on any atom is 0.279 e. The highest BCUT2D eigenvalue weighted by Gasteiger charge is 2.28. The molecule has 1 saturated heterocycles. The van der Waals surface area contributed by atoms with Crippen molar-refractivity contribution in [3.05, 3.63) is 0 Å². The Balaban J connectivity index is 2.51. The molecule has 1 fully saturated rings. The van der Waals surface area contributed by atoms with E-state index < -0.39 is 10.2 Å². The van der Waals surface area contributed by atoms with Crippen LogP contribution in [0.25, 0.3) is 0 Å². The van der Waals surface area contributed by atoms with E-state index in [-0.39, 0.29) is 12.0 Å². The molecule has 1 aliphatic rings. The van der Waals surface area contributed by atoms with E-state index in [1.165, 1.54) is 4.31 Å². The second-order valence-corrected chi connectivity index (χ2v) is 6.61. The van der Waals surface area contributed by atoms with Gasteiger partial charge in [-0.25, -0.2) is 0 Å². The molecular formula is C11H25N3O3S. The molecule has 6 nitrogen and oxygen atoms in total. The van der Waals surface area contributed by atoms with Crippen LogP contribution in [0.15, 0.2) is 0 Å². The van der Waals surface area contributed by atoms with Gasteiger partial charge in [-0.1, -0.05) is 0 Å². The molecule has 2 unspecified atom stereocenters. The molecule has 18 heavy (non-hydrogen) atoms. The number of nitrogens with two attached hydrogens (primary N) is 1. The van der Waals surface area contributed by atoms with Crippen molar-refractivity contribution < 1.29 is 13.2 Å². The summed E-state index contributed by atoms with van der Waals surface area (Å²) in [6.45, 7) is 4.06. The maximum atomic E-state index is 12.2. The van der Waals surface area contributed by atoms with Gasteiger partial charge in [0.05, 0.1) is 0 Å². The summed E-state index contributed by atoms with van der Waals surface area (Å²) in [6.07, 6.45) is 2.57. The van der Waals surface area contributed by atoms with Crippen molar-refractivity contribution in [1.82, 2.24) is 9.03 Å². The predicted octanol–water partition coefficient (Wildman–Crippen LogP) is -0.0835. The molecule has 7 heteroatoms. The topological polar surface area (TPSA) is 84.7 Å². The third kappa shape index (κ3) is 4.81. The minimum absolute atomic E-state index is 0.117.